The predicted molar refractivity (Wildman–Crippen MR) is 87.1 cm³/mol. The van der Waals surface area contributed by atoms with Gasteiger partial charge >= 0.3 is 0 Å². The van der Waals surface area contributed by atoms with E-state index in [1.165, 1.54) is 11.3 Å². The number of amides is 1. The van der Waals surface area contributed by atoms with Crippen LogP contribution in [0.1, 0.15) is 21.5 Å². The first kappa shape index (κ1) is 16.9. The van der Waals surface area contributed by atoms with E-state index in [9.17, 15) is 9.90 Å². The third-order valence-corrected chi connectivity index (χ3v) is 4.99. The fraction of sp³-hybridized carbons (Fsp3) is 0.533. The third-order valence-electron chi connectivity index (χ3n) is 4.11. The topological polar surface area (TPSA) is 91.9 Å². The summed E-state index contributed by atoms with van der Waals surface area (Å²) in [7, 11) is 3.41. The van der Waals surface area contributed by atoms with Crippen LogP contribution in [-0.2, 0) is 6.54 Å². The number of likely N-dealkylation sites (N-methyl/N-ethyl adjacent to an activating group) is 1. The Hall–Kier alpha value is -1.97. The first-order chi connectivity index (χ1) is 11.5. The Balaban J connectivity index is 1.66. The molecule has 0 radical (unpaired) electrons. The molecule has 0 aliphatic carbocycles. The first-order valence-electron chi connectivity index (χ1n) is 7.57. The fourth-order valence-electron chi connectivity index (χ4n) is 2.86. The number of β-amino-alcohol motifs (C(OH)–C–C–N with tert-alkyl or cyclic N) is 1. The summed E-state index contributed by atoms with van der Waals surface area (Å²) < 4.78 is 10.6. The highest BCUT2D eigenvalue weighted by Gasteiger charge is 2.38. The molecule has 1 aliphatic rings. The Bertz CT molecular complexity index is 716. The van der Waals surface area contributed by atoms with Crippen LogP contribution >= 0.6 is 11.3 Å². The number of aliphatic hydroxyl groups excluding tert-OH is 1. The van der Waals surface area contributed by atoms with Crippen LogP contribution in [0.5, 0.6) is 5.75 Å². The van der Waals surface area contributed by atoms with Gasteiger partial charge in [-0.05, 0) is 18.5 Å². The van der Waals surface area contributed by atoms with E-state index in [1.54, 1.807) is 25.0 Å². The minimum atomic E-state index is -0.631. The lowest BCUT2D eigenvalue weighted by molar-refractivity contribution is 0.0763. The van der Waals surface area contributed by atoms with Gasteiger partial charge in [0.15, 0.2) is 0 Å². The lowest BCUT2D eigenvalue weighted by Crippen LogP contribution is -2.40. The summed E-state index contributed by atoms with van der Waals surface area (Å²) in [6.07, 6.45) is -0.631. The van der Waals surface area contributed by atoms with E-state index in [2.05, 4.69) is 10.2 Å². The van der Waals surface area contributed by atoms with Gasteiger partial charge in [-0.25, -0.2) is 0 Å². The van der Waals surface area contributed by atoms with Crippen molar-refractivity contribution in [1.82, 2.24) is 20.0 Å². The maximum Gasteiger partial charge on any atom is 0.267 e. The maximum atomic E-state index is 12.6. The summed E-state index contributed by atoms with van der Waals surface area (Å²) in [5, 5.41) is 19.9. The second kappa shape index (κ2) is 6.88. The molecule has 1 fully saturated rings. The average molecular weight is 352 g/mol. The fourth-order valence-corrected chi connectivity index (χ4v) is 3.68. The summed E-state index contributed by atoms with van der Waals surface area (Å²) in [5.41, 5.74) is 0. The van der Waals surface area contributed by atoms with Crippen LogP contribution < -0.4 is 4.74 Å². The van der Waals surface area contributed by atoms with Crippen molar-refractivity contribution in [1.29, 1.82) is 0 Å². The van der Waals surface area contributed by atoms with Gasteiger partial charge in [-0.3, -0.25) is 9.69 Å². The molecule has 0 spiro atoms. The molecule has 3 heterocycles. The van der Waals surface area contributed by atoms with Crippen molar-refractivity contribution in [3.05, 3.63) is 28.1 Å². The van der Waals surface area contributed by atoms with Gasteiger partial charge in [0.25, 0.3) is 5.91 Å². The maximum absolute atomic E-state index is 12.6. The number of nitrogens with zero attached hydrogens (tertiary/aromatic N) is 4. The van der Waals surface area contributed by atoms with Crippen molar-refractivity contribution in [3.63, 3.8) is 0 Å². The molecule has 0 bridgehead atoms. The number of aliphatic hydroxyl groups is 1. The molecule has 130 valence electrons. The van der Waals surface area contributed by atoms with E-state index in [0.29, 0.717) is 35.5 Å². The second-order valence-electron chi connectivity index (χ2n) is 5.79. The van der Waals surface area contributed by atoms with Crippen molar-refractivity contribution in [2.45, 2.75) is 25.6 Å². The number of aryl methyl sites for hydroxylation is 1. The summed E-state index contributed by atoms with van der Waals surface area (Å²) in [6.45, 7) is 2.88. The number of likely N-dealkylation sites (tertiary alicyclic amines) is 1. The first-order valence-corrected chi connectivity index (χ1v) is 8.45. The van der Waals surface area contributed by atoms with Gasteiger partial charge < -0.3 is 19.2 Å². The van der Waals surface area contributed by atoms with Crippen molar-refractivity contribution in [2.24, 2.45) is 0 Å². The van der Waals surface area contributed by atoms with Crippen molar-refractivity contribution >= 4 is 17.2 Å². The summed E-state index contributed by atoms with van der Waals surface area (Å²) in [5.74, 6) is 1.45. The predicted octanol–water partition coefficient (Wildman–Crippen LogP) is 0.765. The zero-order chi connectivity index (χ0) is 17.3. The van der Waals surface area contributed by atoms with Gasteiger partial charge in [0.1, 0.15) is 10.6 Å². The largest absolute Gasteiger partial charge is 0.495 e. The molecule has 1 aliphatic heterocycles. The Labute approximate surface area is 143 Å². The highest BCUT2D eigenvalue weighted by molar-refractivity contribution is 7.12. The van der Waals surface area contributed by atoms with E-state index in [1.807, 2.05) is 17.3 Å². The molecule has 2 aromatic rings. The van der Waals surface area contributed by atoms with E-state index in [4.69, 9.17) is 9.15 Å². The molecule has 8 nitrogen and oxygen atoms in total. The van der Waals surface area contributed by atoms with E-state index < -0.39 is 6.10 Å². The normalized spacial score (nSPS) is 20.8. The number of thiophene rings is 1. The number of aromatic nitrogens is 2. The smallest absolute Gasteiger partial charge is 0.267 e. The zero-order valence-electron chi connectivity index (χ0n) is 13.8. The Morgan fingerprint density at radius 2 is 2.33 bits per heavy atom. The molecule has 1 saturated heterocycles. The lowest BCUT2D eigenvalue weighted by atomic mass is 10.2. The van der Waals surface area contributed by atoms with Gasteiger partial charge in [-0.1, -0.05) is 0 Å². The second-order valence-corrected chi connectivity index (χ2v) is 6.71. The molecule has 2 aromatic heterocycles. The van der Waals surface area contributed by atoms with Crippen LogP contribution in [0.4, 0.5) is 0 Å². The number of carbonyl (C=O) groups excluding carboxylic acids is 1. The molecular weight excluding hydrogens is 332 g/mol. The van der Waals surface area contributed by atoms with Crippen LogP contribution in [0, 0.1) is 6.92 Å². The van der Waals surface area contributed by atoms with Crippen LogP contribution in [-0.4, -0.2) is 70.4 Å². The Morgan fingerprint density at radius 3 is 3.00 bits per heavy atom. The average Bonchev–Trinajstić information content (AvgIpc) is 3.26. The third kappa shape index (κ3) is 3.28. The molecule has 24 heavy (non-hydrogen) atoms. The number of hydrogen-bond donors (Lipinski definition) is 1. The Morgan fingerprint density at radius 1 is 1.54 bits per heavy atom. The van der Waals surface area contributed by atoms with Crippen LogP contribution in [0.15, 0.2) is 15.9 Å². The van der Waals surface area contributed by atoms with E-state index in [-0.39, 0.29) is 18.5 Å². The van der Waals surface area contributed by atoms with Crippen LogP contribution in [0.3, 0.4) is 0 Å². The molecule has 1 amide bonds. The van der Waals surface area contributed by atoms with Gasteiger partial charge in [0.2, 0.25) is 11.8 Å². The van der Waals surface area contributed by atoms with Crippen LogP contribution in [0.2, 0.25) is 0 Å². The molecule has 0 unspecified atom stereocenters. The quantitative estimate of drug-likeness (QED) is 0.849. The SMILES string of the molecule is COc1ccsc1C(=O)N1C[C@@H](O)[C@@H](N(C)Cc2nnc(C)o2)C1. The molecule has 3 rings (SSSR count). The molecule has 0 aromatic carbocycles. The van der Waals surface area contributed by atoms with Gasteiger partial charge in [-0.15, -0.1) is 21.5 Å². The number of rotatable bonds is 5. The molecule has 2 atom stereocenters. The standard InChI is InChI=1S/C15H20N4O4S/c1-9-16-17-13(23-9)8-18(2)10-6-19(7-11(10)20)15(21)14-12(22-3)4-5-24-14/h4-5,10-11,20H,6-8H2,1-3H3/t10-,11+/m0/s1. The van der Waals surface area contributed by atoms with Crippen molar-refractivity contribution in [3.8, 4) is 5.75 Å². The summed E-state index contributed by atoms with van der Waals surface area (Å²) in [6, 6.07) is 1.58. The Kier molecular flexibility index (Phi) is 4.83. The monoisotopic (exact) mass is 352 g/mol. The minimum absolute atomic E-state index is 0.120. The van der Waals surface area contributed by atoms with Gasteiger partial charge in [-0.2, -0.15) is 0 Å². The van der Waals surface area contributed by atoms with Gasteiger partial charge in [0, 0.05) is 20.0 Å². The van der Waals surface area contributed by atoms with E-state index >= 15 is 0 Å². The van der Waals surface area contributed by atoms with Gasteiger partial charge in [0.05, 0.1) is 25.8 Å². The number of hydrogen-bond acceptors (Lipinski definition) is 8. The highest BCUT2D eigenvalue weighted by Crippen LogP contribution is 2.28. The zero-order valence-corrected chi connectivity index (χ0v) is 14.6. The van der Waals surface area contributed by atoms with Crippen molar-refractivity contribution < 1.29 is 19.1 Å². The minimum Gasteiger partial charge on any atom is -0.495 e. The van der Waals surface area contributed by atoms with Crippen molar-refractivity contribution in [2.75, 3.05) is 27.2 Å². The highest BCUT2D eigenvalue weighted by atomic mass is 32.1. The van der Waals surface area contributed by atoms with Crippen LogP contribution in [0.25, 0.3) is 0 Å². The van der Waals surface area contributed by atoms with E-state index in [0.717, 1.165) is 0 Å². The summed E-state index contributed by atoms with van der Waals surface area (Å²) >= 11 is 1.34. The molecule has 1 N–H and O–H groups in total. The molecular formula is C15H20N4O4S. The molecule has 9 heteroatoms. The number of carbonyl (C=O) groups is 1. The number of methoxy groups -OCH3 is 1. The molecule has 0 saturated carbocycles. The lowest BCUT2D eigenvalue weighted by Gasteiger charge is -2.24. The summed E-state index contributed by atoms with van der Waals surface area (Å²) in [4.78, 5) is 16.8. The number of ether oxygens (including phenoxy) is 1.